The molecule has 0 atom stereocenters. The Kier molecular flexibility index (Phi) is 17.2. The Balaban J connectivity index is 0.000000198. The molecular formula is C47H56F2N12O4S. The predicted molar refractivity (Wildman–Crippen MR) is 257 cm³/mol. The van der Waals surface area contributed by atoms with Gasteiger partial charge in [-0.05, 0) is 86.9 Å². The first-order valence-electron chi connectivity index (χ1n) is 20.8. The van der Waals surface area contributed by atoms with Gasteiger partial charge in [0.15, 0.2) is 0 Å². The molecule has 66 heavy (non-hydrogen) atoms. The summed E-state index contributed by atoms with van der Waals surface area (Å²) in [4.78, 5) is 49.7. The number of benzene rings is 4. The second-order valence-corrected chi connectivity index (χ2v) is 17.5. The summed E-state index contributed by atoms with van der Waals surface area (Å²) in [5.41, 5.74) is 21.0. The number of carbonyl (C=O) groups excluding carboxylic acids is 2. The summed E-state index contributed by atoms with van der Waals surface area (Å²) >= 11 is 0. The Hall–Kier alpha value is -7.09. The number of nitrogens with two attached hydrogens (primary N) is 3. The standard InChI is InChI=1S/C22H23FN6O.C13H12FN3O3S.C11H17N3.CH4/c1-28-10-12-29(13-11-28)16-8-6-15(7-9-16)26-22-25-14-18(21(24)27-22)20(30)17-4-2-3-5-19(17)23;1-2-21(19,20)13-16-7-9(12(15)17-13)11(18)8-5-3-4-6-10(8)14;1-13-6-8-14(9-7-13)11-4-2-10(12)3-5-11;/h2-9,14H,10-13H2,1H3,(H3,24,25,26,27);3-7H,2H2,1H3,(H2,15,16,17);2-5H,6-9,12H2,1H3;1H4. The van der Waals surface area contributed by atoms with E-state index in [0.717, 1.165) is 76.0 Å². The molecule has 0 radical (unpaired) electrons. The van der Waals surface area contributed by atoms with Crippen LogP contribution in [0.1, 0.15) is 46.2 Å². The number of carbonyl (C=O) groups is 2. The zero-order chi connectivity index (χ0) is 46.7. The summed E-state index contributed by atoms with van der Waals surface area (Å²) in [7, 11) is 0.674. The van der Waals surface area contributed by atoms with Gasteiger partial charge in [-0.1, -0.05) is 38.6 Å². The number of likely N-dealkylation sites (N-methyl/N-ethyl adjacent to an activating group) is 2. The van der Waals surface area contributed by atoms with Crippen LogP contribution in [0.2, 0.25) is 0 Å². The Labute approximate surface area is 384 Å². The number of nitrogens with one attached hydrogen (secondary N) is 1. The normalized spacial score (nSPS) is 14.1. The molecule has 2 aromatic heterocycles. The molecule has 2 aliphatic heterocycles. The van der Waals surface area contributed by atoms with Crippen LogP contribution in [0.25, 0.3) is 0 Å². The molecular weight excluding hydrogens is 867 g/mol. The van der Waals surface area contributed by atoms with Gasteiger partial charge in [-0.3, -0.25) is 9.59 Å². The Bertz CT molecular complexity index is 2700. The maximum atomic E-state index is 13.9. The molecule has 16 nitrogen and oxygen atoms in total. The van der Waals surface area contributed by atoms with E-state index in [1.807, 2.05) is 36.4 Å². The first kappa shape index (κ1) is 49.9. The van der Waals surface area contributed by atoms with E-state index in [1.54, 1.807) is 6.07 Å². The van der Waals surface area contributed by atoms with E-state index in [-0.39, 0.29) is 53.0 Å². The highest BCUT2D eigenvalue weighted by Crippen LogP contribution is 2.24. The lowest BCUT2D eigenvalue weighted by atomic mass is 10.0. The van der Waals surface area contributed by atoms with E-state index in [0.29, 0.717) is 0 Å². The number of rotatable bonds is 10. The summed E-state index contributed by atoms with van der Waals surface area (Å²) in [6.07, 6.45) is 2.32. The van der Waals surface area contributed by atoms with E-state index < -0.39 is 38.2 Å². The first-order chi connectivity index (χ1) is 31.1. The molecule has 2 aliphatic rings. The quantitative estimate of drug-likeness (QED) is 0.0724. The Morgan fingerprint density at radius 2 is 1.03 bits per heavy atom. The summed E-state index contributed by atoms with van der Waals surface area (Å²) in [5, 5.41) is 2.63. The van der Waals surface area contributed by atoms with Gasteiger partial charge in [0, 0.05) is 87.5 Å². The zero-order valence-electron chi connectivity index (χ0n) is 36.4. The lowest BCUT2D eigenvalue weighted by Gasteiger charge is -2.34. The highest BCUT2D eigenvalue weighted by molar-refractivity contribution is 7.91. The van der Waals surface area contributed by atoms with Crippen LogP contribution < -0.4 is 32.3 Å². The SMILES string of the molecule is C.CCS(=O)(=O)c1ncc(C(=O)c2ccccc2F)c(N)n1.CN1CCN(c2ccc(N)cc2)CC1.CN1CCN(c2ccc(Nc3ncc(C(=O)c4ccccc4F)c(N)n3)cc2)CC1. The van der Waals surface area contributed by atoms with Gasteiger partial charge in [0.2, 0.25) is 32.5 Å². The molecule has 0 aliphatic carbocycles. The number of hydrogen-bond acceptors (Lipinski definition) is 16. The second-order valence-electron chi connectivity index (χ2n) is 15.3. The van der Waals surface area contributed by atoms with Crippen LogP contribution in [0, 0.1) is 11.6 Å². The van der Waals surface area contributed by atoms with E-state index in [4.69, 9.17) is 17.2 Å². The number of halogens is 2. The number of piperazine rings is 2. The van der Waals surface area contributed by atoms with E-state index >= 15 is 0 Å². The van der Waals surface area contributed by atoms with E-state index in [2.05, 4.69) is 71.1 Å². The third-order valence-corrected chi connectivity index (χ3v) is 12.3. The second kappa shape index (κ2) is 22.7. The number of sulfone groups is 1. The van der Waals surface area contributed by atoms with Crippen LogP contribution in [0.5, 0.6) is 0 Å². The zero-order valence-corrected chi connectivity index (χ0v) is 37.2. The summed E-state index contributed by atoms with van der Waals surface area (Å²) in [6.45, 7) is 10.0. The molecule has 2 saturated heterocycles. The van der Waals surface area contributed by atoms with Gasteiger partial charge in [0.05, 0.1) is 28.0 Å². The number of nitrogens with zero attached hydrogens (tertiary/aromatic N) is 8. The van der Waals surface area contributed by atoms with Gasteiger partial charge >= 0.3 is 0 Å². The topological polar surface area (TPSA) is 223 Å². The molecule has 348 valence electrons. The summed E-state index contributed by atoms with van der Waals surface area (Å²) in [5.74, 6) is -2.78. The average Bonchev–Trinajstić information content (AvgIpc) is 3.30. The van der Waals surface area contributed by atoms with Gasteiger partial charge in [-0.2, -0.15) is 4.98 Å². The minimum Gasteiger partial charge on any atom is -0.399 e. The van der Waals surface area contributed by atoms with Crippen LogP contribution in [0.3, 0.4) is 0 Å². The molecule has 19 heteroatoms. The monoisotopic (exact) mass is 922 g/mol. The van der Waals surface area contributed by atoms with Gasteiger partial charge in [-0.25, -0.2) is 32.2 Å². The predicted octanol–water partition coefficient (Wildman–Crippen LogP) is 5.80. The highest BCUT2D eigenvalue weighted by Gasteiger charge is 2.23. The van der Waals surface area contributed by atoms with Crippen molar-refractivity contribution >= 4 is 61.7 Å². The fourth-order valence-electron chi connectivity index (χ4n) is 6.74. The number of hydrogen-bond donors (Lipinski definition) is 4. The number of anilines is 7. The largest absolute Gasteiger partial charge is 0.399 e. The maximum absolute atomic E-state index is 13.9. The van der Waals surface area contributed by atoms with Crippen LogP contribution in [0.15, 0.2) is 115 Å². The molecule has 0 unspecified atom stereocenters. The van der Waals surface area contributed by atoms with Gasteiger partial charge < -0.3 is 42.1 Å². The molecule has 4 aromatic carbocycles. The van der Waals surface area contributed by atoms with Crippen LogP contribution >= 0.6 is 0 Å². The van der Waals surface area contributed by atoms with Gasteiger partial charge in [0.25, 0.3) is 0 Å². The molecule has 0 saturated carbocycles. The van der Waals surface area contributed by atoms with E-state index in [9.17, 15) is 26.8 Å². The molecule has 0 amide bonds. The lowest BCUT2D eigenvalue weighted by Crippen LogP contribution is -2.44. The number of ketones is 2. The van der Waals surface area contributed by atoms with Crippen LogP contribution in [-0.2, 0) is 9.84 Å². The summed E-state index contributed by atoms with van der Waals surface area (Å²) in [6, 6.07) is 27.3. The minimum absolute atomic E-state index is 0. The maximum Gasteiger partial charge on any atom is 0.249 e. The molecule has 8 rings (SSSR count). The fraction of sp³-hybridized carbons (Fsp3) is 0.277. The molecule has 7 N–H and O–H groups in total. The van der Waals surface area contributed by atoms with Crippen LogP contribution in [0.4, 0.5) is 49.1 Å². The first-order valence-corrected chi connectivity index (χ1v) is 22.4. The van der Waals surface area contributed by atoms with Crippen molar-refractivity contribution in [3.63, 3.8) is 0 Å². The van der Waals surface area contributed by atoms with Crippen molar-refractivity contribution in [2.45, 2.75) is 19.5 Å². The Morgan fingerprint density at radius 3 is 1.45 bits per heavy atom. The third kappa shape index (κ3) is 12.8. The number of aromatic nitrogens is 4. The minimum atomic E-state index is -3.62. The van der Waals surface area contributed by atoms with E-state index in [1.165, 1.54) is 60.9 Å². The third-order valence-electron chi connectivity index (χ3n) is 10.8. The molecule has 2 fully saturated rings. The Morgan fingerprint density at radius 1 is 0.606 bits per heavy atom. The van der Waals surface area contributed by atoms with Crippen molar-refractivity contribution in [1.82, 2.24) is 29.7 Å². The van der Waals surface area contributed by atoms with Crippen molar-refractivity contribution in [1.29, 1.82) is 0 Å². The lowest BCUT2D eigenvalue weighted by molar-refractivity contribution is 0.102. The van der Waals surface area contributed by atoms with Gasteiger partial charge in [0.1, 0.15) is 23.3 Å². The highest BCUT2D eigenvalue weighted by atomic mass is 32.2. The fourth-order valence-corrected chi connectivity index (χ4v) is 7.45. The van der Waals surface area contributed by atoms with Crippen molar-refractivity contribution in [3.8, 4) is 0 Å². The number of nitrogen functional groups attached to an aromatic ring is 3. The molecule has 0 spiro atoms. The average molecular weight is 923 g/mol. The molecule has 4 heterocycles. The van der Waals surface area contributed by atoms with Crippen molar-refractivity contribution in [2.75, 3.05) is 105 Å². The van der Waals surface area contributed by atoms with Crippen molar-refractivity contribution in [2.24, 2.45) is 0 Å². The van der Waals surface area contributed by atoms with Crippen molar-refractivity contribution in [3.05, 3.63) is 143 Å². The van der Waals surface area contributed by atoms with Crippen LogP contribution in [-0.4, -0.2) is 122 Å². The smallest absolute Gasteiger partial charge is 0.249 e. The van der Waals surface area contributed by atoms with Crippen molar-refractivity contribution < 1.29 is 26.8 Å². The van der Waals surface area contributed by atoms with Gasteiger partial charge in [-0.15, -0.1) is 0 Å². The molecule has 0 bridgehead atoms. The molecule has 6 aromatic rings. The summed E-state index contributed by atoms with van der Waals surface area (Å²) < 4.78 is 50.7.